The molecule has 3 rings (SSSR count). The van der Waals surface area contributed by atoms with Crippen molar-refractivity contribution in [2.75, 3.05) is 0 Å². The Labute approximate surface area is 121 Å². The van der Waals surface area contributed by atoms with Gasteiger partial charge in [0.2, 0.25) is 0 Å². The molecule has 1 aromatic carbocycles. The van der Waals surface area contributed by atoms with Gasteiger partial charge in [0.25, 0.3) is 0 Å². The van der Waals surface area contributed by atoms with Crippen LogP contribution in [0.15, 0.2) is 24.5 Å². The third-order valence-electron chi connectivity index (χ3n) is 3.14. The summed E-state index contributed by atoms with van der Waals surface area (Å²) in [6.45, 7) is 1.41. The summed E-state index contributed by atoms with van der Waals surface area (Å²) in [6.07, 6.45) is 4.11. The van der Waals surface area contributed by atoms with Gasteiger partial charge in [-0.05, 0) is 30.5 Å². The van der Waals surface area contributed by atoms with Crippen molar-refractivity contribution in [3.63, 3.8) is 0 Å². The van der Waals surface area contributed by atoms with E-state index in [-0.39, 0.29) is 0 Å². The Morgan fingerprint density at radius 1 is 1.26 bits per heavy atom. The molecule has 0 aliphatic heterocycles. The Morgan fingerprint density at radius 3 is 2.84 bits per heavy atom. The topological polar surface area (TPSA) is 42.7 Å². The molecule has 0 bridgehead atoms. The molecule has 0 amide bonds. The molecule has 0 radical (unpaired) electrons. The first-order chi connectivity index (χ1) is 9.22. The highest BCUT2D eigenvalue weighted by Gasteiger charge is 2.21. The molecule has 100 valence electrons. The number of hydrogen-bond acceptors (Lipinski definition) is 3. The number of rotatable bonds is 5. The van der Waals surface area contributed by atoms with Gasteiger partial charge in [0, 0.05) is 6.04 Å². The first-order valence-electron chi connectivity index (χ1n) is 6.26. The van der Waals surface area contributed by atoms with Gasteiger partial charge in [-0.1, -0.05) is 29.3 Å². The van der Waals surface area contributed by atoms with E-state index >= 15 is 0 Å². The molecule has 1 aromatic heterocycles. The number of halogens is 2. The predicted molar refractivity (Wildman–Crippen MR) is 75.4 cm³/mol. The van der Waals surface area contributed by atoms with E-state index in [2.05, 4.69) is 15.4 Å². The van der Waals surface area contributed by atoms with Gasteiger partial charge in [-0.2, -0.15) is 5.10 Å². The van der Waals surface area contributed by atoms with Crippen LogP contribution >= 0.6 is 23.2 Å². The minimum absolute atomic E-state index is 0.567. The highest BCUT2D eigenvalue weighted by atomic mass is 35.5. The second kappa shape index (κ2) is 5.49. The van der Waals surface area contributed by atoms with Crippen LogP contribution in [0.4, 0.5) is 0 Å². The third kappa shape index (κ3) is 3.26. The van der Waals surface area contributed by atoms with Crippen LogP contribution < -0.4 is 5.32 Å². The smallest absolute Gasteiger partial charge is 0.141 e. The molecular formula is C13H14Cl2N4. The second-order valence-corrected chi connectivity index (χ2v) is 5.55. The fourth-order valence-electron chi connectivity index (χ4n) is 1.89. The van der Waals surface area contributed by atoms with Crippen molar-refractivity contribution in [2.45, 2.75) is 32.0 Å². The van der Waals surface area contributed by atoms with Gasteiger partial charge in [-0.25, -0.2) is 9.67 Å². The Kier molecular flexibility index (Phi) is 3.73. The first-order valence-corrected chi connectivity index (χ1v) is 7.02. The van der Waals surface area contributed by atoms with Crippen LogP contribution in [-0.4, -0.2) is 20.8 Å². The van der Waals surface area contributed by atoms with Gasteiger partial charge < -0.3 is 5.32 Å². The van der Waals surface area contributed by atoms with Crippen molar-refractivity contribution in [3.8, 4) is 0 Å². The lowest BCUT2D eigenvalue weighted by atomic mass is 10.2. The summed E-state index contributed by atoms with van der Waals surface area (Å²) in [4.78, 5) is 4.28. The number of benzene rings is 1. The van der Waals surface area contributed by atoms with E-state index in [1.165, 1.54) is 12.8 Å². The molecule has 0 saturated heterocycles. The number of nitrogens with one attached hydrogen (secondary N) is 1. The molecule has 2 aromatic rings. The maximum atomic E-state index is 6.02. The van der Waals surface area contributed by atoms with Gasteiger partial charge in [-0.3, -0.25) is 0 Å². The Morgan fingerprint density at radius 2 is 2.11 bits per heavy atom. The molecule has 0 spiro atoms. The highest BCUT2D eigenvalue weighted by molar-refractivity contribution is 6.42. The highest BCUT2D eigenvalue weighted by Crippen LogP contribution is 2.23. The Balaban J connectivity index is 1.71. The first kappa shape index (κ1) is 12.9. The maximum absolute atomic E-state index is 6.02. The summed E-state index contributed by atoms with van der Waals surface area (Å²) in [5, 5.41) is 8.82. The summed E-state index contributed by atoms with van der Waals surface area (Å²) in [5.41, 5.74) is 1.06. The molecular weight excluding hydrogens is 283 g/mol. The van der Waals surface area contributed by atoms with Gasteiger partial charge in [-0.15, -0.1) is 0 Å². The standard InChI is InChI=1S/C13H14Cl2N4/c14-11-4-1-9(5-12(11)15)7-19-13(17-8-18-19)6-16-10-2-3-10/h1,4-5,8,10,16H,2-3,6-7H2. The molecule has 1 N–H and O–H groups in total. The van der Waals surface area contributed by atoms with E-state index in [0.29, 0.717) is 22.6 Å². The van der Waals surface area contributed by atoms with Crippen LogP contribution in [0, 0.1) is 0 Å². The van der Waals surface area contributed by atoms with Crippen LogP contribution in [0.5, 0.6) is 0 Å². The van der Waals surface area contributed by atoms with E-state index in [1.807, 2.05) is 16.8 Å². The summed E-state index contributed by atoms with van der Waals surface area (Å²) >= 11 is 11.9. The molecule has 6 heteroatoms. The summed E-state index contributed by atoms with van der Waals surface area (Å²) < 4.78 is 1.88. The SMILES string of the molecule is Clc1ccc(Cn2ncnc2CNC2CC2)cc1Cl. The van der Waals surface area contributed by atoms with Crippen molar-refractivity contribution in [1.82, 2.24) is 20.1 Å². The van der Waals surface area contributed by atoms with Crippen molar-refractivity contribution < 1.29 is 0 Å². The average Bonchev–Trinajstić information content (AvgIpc) is 3.12. The van der Waals surface area contributed by atoms with E-state index in [0.717, 1.165) is 17.9 Å². The number of nitrogens with zero attached hydrogens (tertiary/aromatic N) is 3. The monoisotopic (exact) mass is 296 g/mol. The predicted octanol–water partition coefficient (Wildman–Crippen LogP) is 2.89. The largest absolute Gasteiger partial charge is 0.307 e. The van der Waals surface area contributed by atoms with Gasteiger partial charge in [0.05, 0.1) is 23.1 Å². The zero-order valence-electron chi connectivity index (χ0n) is 10.3. The lowest BCUT2D eigenvalue weighted by Gasteiger charge is -2.07. The number of aromatic nitrogens is 3. The molecule has 1 heterocycles. The molecule has 1 aliphatic rings. The maximum Gasteiger partial charge on any atom is 0.141 e. The van der Waals surface area contributed by atoms with E-state index in [9.17, 15) is 0 Å². The zero-order valence-corrected chi connectivity index (χ0v) is 11.8. The molecule has 0 unspecified atom stereocenters. The Bertz CT molecular complexity index is 578. The summed E-state index contributed by atoms with van der Waals surface area (Å²) in [7, 11) is 0. The van der Waals surface area contributed by atoms with Crippen LogP contribution in [0.2, 0.25) is 10.0 Å². The van der Waals surface area contributed by atoms with Crippen molar-refractivity contribution in [2.24, 2.45) is 0 Å². The lowest BCUT2D eigenvalue weighted by Crippen LogP contribution is -2.19. The van der Waals surface area contributed by atoms with E-state index < -0.39 is 0 Å². The van der Waals surface area contributed by atoms with Crippen molar-refractivity contribution in [3.05, 3.63) is 46.0 Å². The van der Waals surface area contributed by atoms with Crippen LogP contribution in [0.25, 0.3) is 0 Å². The molecule has 1 fully saturated rings. The van der Waals surface area contributed by atoms with Crippen LogP contribution in [-0.2, 0) is 13.1 Å². The van der Waals surface area contributed by atoms with Crippen molar-refractivity contribution in [1.29, 1.82) is 0 Å². The Hall–Kier alpha value is -1.10. The normalized spacial score (nSPS) is 14.8. The fourth-order valence-corrected chi connectivity index (χ4v) is 2.21. The molecule has 0 atom stereocenters. The van der Waals surface area contributed by atoms with Gasteiger partial charge in [0.1, 0.15) is 12.2 Å². The van der Waals surface area contributed by atoms with E-state index in [1.54, 1.807) is 12.4 Å². The van der Waals surface area contributed by atoms with Crippen LogP contribution in [0.3, 0.4) is 0 Å². The average molecular weight is 297 g/mol. The van der Waals surface area contributed by atoms with Crippen molar-refractivity contribution >= 4 is 23.2 Å². The van der Waals surface area contributed by atoms with E-state index in [4.69, 9.17) is 23.2 Å². The lowest BCUT2D eigenvalue weighted by molar-refractivity contribution is 0.583. The molecule has 1 aliphatic carbocycles. The second-order valence-electron chi connectivity index (χ2n) is 4.74. The molecule has 19 heavy (non-hydrogen) atoms. The van der Waals surface area contributed by atoms with Gasteiger partial charge >= 0.3 is 0 Å². The molecule has 4 nitrogen and oxygen atoms in total. The zero-order chi connectivity index (χ0) is 13.2. The fraction of sp³-hybridized carbons (Fsp3) is 0.385. The summed E-state index contributed by atoms with van der Waals surface area (Å²) in [5.74, 6) is 0.943. The number of hydrogen-bond donors (Lipinski definition) is 1. The van der Waals surface area contributed by atoms with Crippen LogP contribution in [0.1, 0.15) is 24.2 Å². The third-order valence-corrected chi connectivity index (χ3v) is 3.88. The minimum Gasteiger partial charge on any atom is -0.307 e. The van der Waals surface area contributed by atoms with Gasteiger partial charge in [0.15, 0.2) is 0 Å². The quantitative estimate of drug-likeness (QED) is 0.922. The summed E-state index contributed by atoms with van der Waals surface area (Å²) in [6, 6.07) is 6.28. The molecule has 1 saturated carbocycles. The minimum atomic E-state index is 0.567.